The highest BCUT2D eigenvalue weighted by atomic mass is 15.2. The highest BCUT2D eigenvalue weighted by Crippen LogP contribution is 2.23. The molecule has 27 heavy (non-hydrogen) atoms. The van der Waals surface area contributed by atoms with E-state index in [0.29, 0.717) is 11.8 Å². The van der Waals surface area contributed by atoms with E-state index < -0.39 is 0 Å². The highest BCUT2D eigenvalue weighted by Gasteiger charge is 2.12. The lowest BCUT2D eigenvalue weighted by atomic mass is 10.1. The largest absolute Gasteiger partial charge is 0.348 e. The number of fused-ring (bicyclic) bond motifs is 1. The van der Waals surface area contributed by atoms with E-state index in [1.165, 1.54) is 0 Å². The molecule has 0 aliphatic rings. The summed E-state index contributed by atoms with van der Waals surface area (Å²) in [6.45, 7) is 2.02. The number of hydrogen-bond acceptors (Lipinski definition) is 5. The molecular formula is C19H16N8. The van der Waals surface area contributed by atoms with E-state index in [4.69, 9.17) is 5.53 Å². The molecule has 0 unspecified atom stereocenters. The van der Waals surface area contributed by atoms with Crippen LogP contribution in [0.1, 0.15) is 18.5 Å². The van der Waals surface area contributed by atoms with Crippen LogP contribution in [0.4, 0.5) is 11.8 Å². The van der Waals surface area contributed by atoms with Crippen LogP contribution >= 0.6 is 0 Å². The van der Waals surface area contributed by atoms with E-state index in [-0.39, 0.29) is 11.9 Å². The summed E-state index contributed by atoms with van der Waals surface area (Å²) in [6.07, 6.45) is 1.69. The number of hydrogen-bond donors (Lipinski definition) is 1. The fourth-order valence-electron chi connectivity index (χ4n) is 2.87. The van der Waals surface area contributed by atoms with E-state index in [2.05, 4.69) is 30.3 Å². The van der Waals surface area contributed by atoms with Crippen LogP contribution in [0.3, 0.4) is 0 Å². The van der Waals surface area contributed by atoms with Crippen molar-refractivity contribution in [3.8, 4) is 5.82 Å². The van der Waals surface area contributed by atoms with Crippen molar-refractivity contribution in [1.29, 1.82) is 0 Å². The molecule has 2 aromatic heterocycles. The first-order valence-corrected chi connectivity index (χ1v) is 8.43. The topological polar surface area (TPSA) is 104 Å². The second kappa shape index (κ2) is 7.15. The lowest BCUT2D eigenvalue weighted by Gasteiger charge is -2.15. The van der Waals surface area contributed by atoms with Crippen LogP contribution in [-0.2, 0) is 0 Å². The minimum Gasteiger partial charge on any atom is -0.348 e. The maximum absolute atomic E-state index is 8.82. The van der Waals surface area contributed by atoms with Gasteiger partial charge in [0.25, 0.3) is 0 Å². The summed E-state index contributed by atoms with van der Waals surface area (Å²) in [4.78, 5) is 16.1. The molecule has 0 saturated carbocycles. The van der Waals surface area contributed by atoms with E-state index in [0.717, 1.165) is 16.6 Å². The first kappa shape index (κ1) is 16.6. The van der Waals surface area contributed by atoms with Crippen LogP contribution in [0.25, 0.3) is 27.3 Å². The number of benzene rings is 2. The third-order valence-corrected chi connectivity index (χ3v) is 4.19. The van der Waals surface area contributed by atoms with E-state index in [1.54, 1.807) is 12.4 Å². The lowest BCUT2D eigenvalue weighted by molar-refractivity contribution is 0.854. The standard InChI is InChI=1S/C19H16N8/c1-13(14-7-3-2-4-8-14)22-19-23-17(25-26-20)11-18(24-19)27-12-21-15-9-5-6-10-16(15)27/h2-13H,1H3,(H,22,23,24)/t13-/m0/s1. The summed E-state index contributed by atoms with van der Waals surface area (Å²) in [5.41, 5.74) is 11.7. The van der Waals surface area contributed by atoms with Crippen molar-refractivity contribution >= 4 is 22.8 Å². The monoisotopic (exact) mass is 356 g/mol. The molecule has 1 atom stereocenters. The van der Waals surface area contributed by atoms with E-state index in [1.807, 2.05) is 66.1 Å². The predicted octanol–water partition coefficient (Wildman–Crippen LogP) is 4.93. The first-order valence-electron chi connectivity index (χ1n) is 8.43. The third kappa shape index (κ3) is 3.42. The normalized spacial score (nSPS) is 11.7. The van der Waals surface area contributed by atoms with Crippen molar-refractivity contribution in [1.82, 2.24) is 19.5 Å². The molecular weight excluding hydrogens is 340 g/mol. The van der Waals surface area contributed by atoms with Gasteiger partial charge in [-0.1, -0.05) is 42.5 Å². The number of azide groups is 1. The Balaban J connectivity index is 1.75. The summed E-state index contributed by atoms with van der Waals surface area (Å²) < 4.78 is 1.84. The summed E-state index contributed by atoms with van der Waals surface area (Å²) in [5.74, 6) is 1.19. The highest BCUT2D eigenvalue weighted by molar-refractivity contribution is 5.77. The van der Waals surface area contributed by atoms with Gasteiger partial charge >= 0.3 is 0 Å². The summed E-state index contributed by atoms with van der Waals surface area (Å²) in [5, 5.41) is 6.92. The summed E-state index contributed by atoms with van der Waals surface area (Å²) in [6, 6.07) is 19.4. The Kier molecular flexibility index (Phi) is 4.38. The van der Waals surface area contributed by atoms with Crippen molar-refractivity contribution < 1.29 is 0 Å². The van der Waals surface area contributed by atoms with Crippen LogP contribution < -0.4 is 5.32 Å². The van der Waals surface area contributed by atoms with Gasteiger partial charge in [-0.25, -0.2) is 9.97 Å². The van der Waals surface area contributed by atoms with Gasteiger partial charge in [-0.3, -0.25) is 4.57 Å². The van der Waals surface area contributed by atoms with Crippen molar-refractivity contribution in [2.75, 3.05) is 5.32 Å². The predicted molar refractivity (Wildman–Crippen MR) is 104 cm³/mol. The Morgan fingerprint density at radius 3 is 2.67 bits per heavy atom. The molecule has 4 rings (SSSR count). The molecule has 1 N–H and O–H groups in total. The van der Waals surface area contributed by atoms with Crippen LogP contribution in [0, 0.1) is 0 Å². The average Bonchev–Trinajstić information content (AvgIpc) is 3.13. The van der Waals surface area contributed by atoms with Gasteiger partial charge in [0.15, 0.2) is 0 Å². The van der Waals surface area contributed by atoms with Gasteiger partial charge in [-0.2, -0.15) is 4.98 Å². The molecule has 8 heteroatoms. The van der Waals surface area contributed by atoms with Crippen LogP contribution in [0.5, 0.6) is 0 Å². The molecule has 132 valence electrons. The Labute approximate surface area is 155 Å². The molecule has 0 aliphatic carbocycles. The van der Waals surface area contributed by atoms with Crippen molar-refractivity contribution in [2.24, 2.45) is 5.11 Å². The Morgan fingerprint density at radius 2 is 1.85 bits per heavy atom. The molecule has 4 aromatic rings. The Morgan fingerprint density at radius 1 is 1.07 bits per heavy atom. The molecule has 0 fully saturated rings. The molecule has 0 aliphatic heterocycles. The minimum absolute atomic E-state index is 0.0140. The second-order valence-corrected chi connectivity index (χ2v) is 5.98. The molecule has 2 heterocycles. The fraction of sp³-hybridized carbons (Fsp3) is 0.105. The lowest BCUT2D eigenvalue weighted by Crippen LogP contribution is -2.10. The van der Waals surface area contributed by atoms with Gasteiger partial charge in [0.05, 0.1) is 17.1 Å². The van der Waals surface area contributed by atoms with Gasteiger partial charge in [-0.05, 0) is 35.3 Å². The zero-order valence-corrected chi connectivity index (χ0v) is 14.6. The number of anilines is 1. The van der Waals surface area contributed by atoms with Crippen molar-refractivity contribution in [3.63, 3.8) is 0 Å². The molecule has 0 amide bonds. The van der Waals surface area contributed by atoms with Gasteiger partial charge in [0.1, 0.15) is 18.0 Å². The smallest absolute Gasteiger partial charge is 0.225 e. The van der Waals surface area contributed by atoms with Crippen LogP contribution in [-0.4, -0.2) is 19.5 Å². The average molecular weight is 356 g/mol. The SMILES string of the molecule is C[C@H](Nc1nc(N=[N+]=[N-])cc(-n2cnc3ccccc32)n1)c1ccccc1. The van der Waals surface area contributed by atoms with Crippen LogP contribution in [0.15, 0.2) is 72.1 Å². The molecule has 0 bridgehead atoms. The number of nitrogens with one attached hydrogen (secondary N) is 1. The second-order valence-electron chi connectivity index (χ2n) is 5.98. The number of imidazole rings is 1. The molecule has 8 nitrogen and oxygen atoms in total. The number of aromatic nitrogens is 4. The first-order chi connectivity index (χ1) is 13.2. The Bertz CT molecular complexity index is 1130. The number of nitrogens with zero attached hydrogens (tertiary/aromatic N) is 7. The molecule has 0 spiro atoms. The molecule has 0 radical (unpaired) electrons. The summed E-state index contributed by atoms with van der Waals surface area (Å²) in [7, 11) is 0. The zero-order valence-electron chi connectivity index (χ0n) is 14.6. The van der Waals surface area contributed by atoms with Crippen molar-refractivity contribution in [3.05, 3.63) is 83.0 Å². The number of para-hydroxylation sites is 2. The number of rotatable bonds is 5. The Hall–Kier alpha value is -3.90. The van der Waals surface area contributed by atoms with Gasteiger partial charge < -0.3 is 5.32 Å². The molecule has 0 saturated heterocycles. The van der Waals surface area contributed by atoms with E-state index in [9.17, 15) is 0 Å². The van der Waals surface area contributed by atoms with Crippen LogP contribution in [0.2, 0.25) is 0 Å². The van der Waals surface area contributed by atoms with E-state index >= 15 is 0 Å². The third-order valence-electron chi connectivity index (χ3n) is 4.19. The fourth-order valence-corrected chi connectivity index (χ4v) is 2.87. The minimum atomic E-state index is -0.0140. The van der Waals surface area contributed by atoms with Crippen molar-refractivity contribution in [2.45, 2.75) is 13.0 Å². The maximum Gasteiger partial charge on any atom is 0.225 e. The maximum atomic E-state index is 8.82. The summed E-state index contributed by atoms with van der Waals surface area (Å²) >= 11 is 0. The zero-order chi connectivity index (χ0) is 18.6. The molecule has 2 aromatic carbocycles. The van der Waals surface area contributed by atoms with Gasteiger partial charge in [0.2, 0.25) is 5.95 Å². The van der Waals surface area contributed by atoms with Gasteiger partial charge in [-0.15, -0.1) is 0 Å². The quantitative estimate of drug-likeness (QED) is 0.311. The van der Waals surface area contributed by atoms with Gasteiger partial charge in [0, 0.05) is 11.0 Å².